The summed E-state index contributed by atoms with van der Waals surface area (Å²) >= 11 is 14.9. The molecule has 1 aromatic carbocycles. The lowest BCUT2D eigenvalue weighted by Gasteiger charge is -2.08. The lowest BCUT2D eigenvalue weighted by atomic mass is 10.3. The molecule has 0 atom stereocenters. The molecular weight excluding hydrogens is 371 g/mol. The van der Waals surface area contributed by atoms with E-state index in [0.717, 1.165) is 0 Å². The maximum atomic E-state index is 10.8. The fraction of sp³-hybridized carbons (Fsp3) is 0.0833. The van der Waals surface area contributed by atoms with Gasteiger partial charge in [0.1, 0.15) is 17.5 Å². The number of nitro benzene ring substituents is 1. The maximum Gasteiger partial charge on any atom is 0.274 e. The molecule has 0 bridgehead atoms. The van der Waals surface area contributed by atoms with Crippen LogP contribution in [0, 0.1) is 10.1 Å². The van der Waals surface area contributed by atoms with Crippen LogP contribution in [0.25, 0.3) is 0 Å². The Morgan fingerprint density at radius 1 is 1.30 bits per heavy atom. The number of rotatable bonds is 4. The topological polar surface area (TPSA) is 65.3 Å². The third-order valence-electron chi connectivity index (χ3n) is 2.33. The summed E-state index contributed by atoms with van der Waals surface area (Å²) in [4.78, 5) is 14.3. The Hall–Kier alpha value is -1.37. The SMILES string of the molecule is O=[N+]([O-])c1cc(Br)cc(OCc2nc(Cl)ccc2Cl)c1. The Labute approximate surface area is 132 Å². The van der Waals surface area contributed by atoms with Gasteiger partial charge in [0.2, 0.25) is 0 Å². The van der Waals surface area contributed by atoms with E-state index < -0.39 is 4.92 Å². The highest BCUT2D eigenvalue weighted by atomic mass is 79.9. The third kappa shape index (κ3) is 3.82. The quantitative estimate of drug-likeness (QED) is 0.442. The van der Waals surface area contributed by atoms with Gasteiger partial charge >= 0.3 is 0 Å². The molecule has 8 heteroatoms. The van der Waals surface area contributed by atoms with E-state index in [4.69, 9.17) is 27.9 Å². The van der Waals surface area contributed by atoms with Crippen LogP contribution in [-0.4, -0.2) is 9.91 Å². The normalized spacial score (nSPS) is 10.3. The predicted octanol–water partition coefficient (Wildman–Crippen LogP) is 4.64. The number of non-ortho nitro benzene ring substituents is 1. The molecule has 0 amide bonds. The van der Waals surface area contributed by atoms with Crippen LogP contribution in [0.15, 0.2) is 34.8 Å². The van der Waals surface area contributed by atoms with Crippen molar-refractivity contribution in [3.8, 4) is 5.75 Å². The van der Waals surface area contributed by atoms with Gasteiger partial charge in [0.15, 0.2) is 0 Å². The fourth-order valence-corrected chi connectivity index (χ4v) is 2.23. The van der Waals surface area contributed by atoms with Gasteiger partial charge in [0, 0.05) is 10.5 Å². The Kier molecular flexibility index (Phi) is 4.80. The first kappa shape index (κ1) is 15.0. The Morgan fingerprint density at radius 2 is 2.05 bits per heavy atom. The molecule has 2 rings (SSSR count). The van der Waals surface area contributed by atoms with Crippen LogP contribution in [-0.2, 0) is 6.61 Å². The van der Waals surface area contributed by atoms with Crippen molar-refractivity contribution in [1.82, 2.24) is 4.98 Å². The average Bonchev–Trinajstić information content (AvgIpc) is 2.39. The zero-order chi connectivity index (χ0) is 14.7. The summed E-state index contributed by atoms with van der Waals surface area (Å²) in [5, 5.41) is 11.5. The smallest absolute Gasteiger partial charge is 0.274 e. The molecular formula is C12H7BrCl2N2O3. The third-order valence-corrected chi connectivity index (χ3v) is 3.34. The molecule has 0 aliphatic carbocycles. The number of nitrogens with zero attached hydrogens (tertiary/aromatic N) is 2. The zero-order valence-electron chi connectivity index (χ0n) is 9.85. The van der Waals surface area contributed by atoms with Crippen LogP contribution in [0.1, 0.15) is 5.69 Å². The van der Waals surface area contributed by atoms with Crippen molar-refractivity contribution in [2.24, 2.45) is 0 Å². The van der Waals surface area contributed by atoms with Crippen LogP contribution < -0.4 is 4.74 Å². The van der Waals surface area contributed by atoms with Gasteiger partial charge < -0.3 is 4.74 Å². The molecule has 1 aromatic heterocycles. The van der Waals surface area contributed by atoms with Crippen LogP contribution in [0.5, 0.6) is 5.75 Å². The van der Waals surface area contributed by atoms with E-state index in [1.165, 1.54) is 12.1 Å². The molecule has 0 N–H and O–H groups in total. The number of nitro groups is 1. The second-order valence-corrected chi connectivity index (χ2v) is 5.46. The lowest BCUT2D eigenvalue weighted by Crippen LogP contribution is -2.00. The van der Waals surface area contributed by atoms with Crippen molar-refractivity contribution in [2.45, 2.75) is 6.61 Å². The first-order chi connectivity index (χ1) is 9.45. The standard InChI is InChI=1S/C12H7BrCl2N2O3/c13-7-3-8(17(18)19)5-9(4-7)20-6-11-10(14)1-2-12(15)16-11/h1-5H,6H2. The number of ether oxygens (including phenoxy) is 1. The molecule has 0 unspecified atom stereocenters. The van der Waals surface area contributed by atoms with Crippen LogP contribution >= 0.6 is 39.1 Å². The van der Waals surface area contributed by atoms with E-state index in [1.54, 1.807) is 18.2 Å². The van der Waals surface area contributed by atoms with Crippen molar-refractivity contribution in [3.63, 3.8) is 0 Å². The van der Waals surface area contributed by atoms with Gasteiger partial charge in [-0.15, -0.1) is 0 Å². The predicted molar refractivity (Wildman–Crippen MR) is 79.4 cm³/mol. The average molecular weight is 378 g/mol. The molecule has 0 aliphatic rings. The number of pyridine rings is 1. The Bertz CT molecular complexity index is 667. The molecule has 0 saturated heterocycles. The zero-order valence-corrected chi connectivity index (χ0v) is 12.9. The molecule has 0 aliphatic heterocycles. The van der Waals surface area contributed by atoms with Crippen LogP contribution in [0.2, 0.25) is 10.2 Å². The first-order valence-electron chi connectivity index (χ1n) is 5.34. The summed E-state index contributed by atoms with van der Waals surface area (Å²) in [6, 6.07) is 7.50. The van der Waals surface area contributed by atoms with Gasteiger partial charge in [-0.25, -0.2) is 4.98 Å². The summed E-state index contributed by atoms with van der Waals surface area (Å²) in [7, 11) is 0. The van der Waals surface area contributed by atoms with E-state index in [-0.39, 0.29) is 12.3 Å². The number of hydrogen-bond acceptors (Lipinski definition) is 4. The summed E-state index contributed by atoms with van der Waals surface area (Å²) in [6.07, 6.45) is 0. The largest absolute Gasteiger partial charge is 0.487 e. The summed E-state index contributed by atoms with van der Waals surface area (Å²) in [6.45, 7) is 0.0625. The van der Waals surface area contributed by atoms with Gasteiger partial charge in [-0.2, -0.15) is 0 Å². The van der Waals surface area contributed by atoms with Crippen molar-refractivity contribution in [3.05, 3.63) is 60.8 Å². The highest BCUT2D eigenvalue weighted by Crippen LogP contribution is 2.27. The van der Waals surface area contributed by atoms with E-state index in [2.05, 4.69) is 20.9 Å². The van der Waals surface area contributed by atoms with Crippen molar-refractivity contribution in [2.75, 3.05) is 0 Å². The number of halogens is 3. The van der Waals surface area contributed by atoms with E-state index in [1.807, 2.05) is 0 Å². The number of hydrogen-bond donors (Lipinski definition) is 0. The molecule has 0 fully saturated rings. The van der Waals surface area contributed by atoms with E-state index >= 15 is 0 Å². The van der Waals surface area contributed by atoms with E-state index in [9.17, 15) is 10.1 Å². The second-order valence-electron chi connectivity index (χ2n) is 3.75. The molecule has 0 spiro atoms. The lowest BCUT2D eigenvalue weighted by molar-refractivity contribution is -0.385. The molecule has 0 radical (unpaired) electrons. The molecule has 5 nitrogen and oxygen atoms in total. The molecule has 2 aromatic rings. The Morgan fingerprint density at radius 3 is 2.75 bits per heavy atom. The number of aromatic nitrogens is 1. The van der Waals surface area contributed by atoms with Crippen molar-refractivity contribution >= 4 is 44.8 Å². The first-order valence-corrected chi connectivity index (χ1v) is 6.89. The monoisotopic (exact) mass is 376 g/mol. The molecule has 20 heavy (non-hydrogen) atoms. The Balaban J connectivity index is 2.18. The van der Waals surface area contributed by atoms with Gasteiger partial charge in [-0.3, -0.25) is 10.1 Å². The summed E-state index contributed by atoms with van der Waals surface area (Å²) in [5.74, 6) is 0.337. The minimum Gasteiger partial charge on any atom is -0.487 e. The minimum absolute atomic E-state index is 0.0625. The highest BCUT2D eigenvalue weighted by molar-refractivity contribution is 9.10. The van der Waals surface area contributed by atoms with Gasteiger partial charge in [-0.05, 0) is 18.2 Å². The fourth-order valence-electron chi connectivity index (χ4n) is 1.45. The van der Waals surface area contributed by atoms with Crippen molar-refractivity contribution in [1.29, 1.82) is 0 Å². The molecule has 104 valence electrons. The number of benzene rings is 1. The van der Waals surface area contributed by atoms with E-state index in [0.29, 0.717) is 26.1 Å². The van der Waals surface area contributed by atoms with Crippen LogP contribution in [0.4, 0.5) is 5.69 Å². The molecule has 1 heterocycles. The van der Waals surface area contributed by atoms with Gasteiger partial charge in [-0.1, -0.05) is 39.1 Å². The maximum absolute atomic E-state index is 10.8. The van der Waals surface area contributed by atoms with Gasteiger partial charge in [0.05, 0.1) is 21.7 Å². The summed E-state index contributed by atoms with van der Waals surface area (Å²) in [5.41, 5.74) is 0.390. The minimum atomic E-state index is -0.498. The van der Waals surface area contributed by atoms with Crippen LogP contribution in [0.3, 0.4) is 0 Å². The van der Waals surface area contributed by atoms with Crippen molar-refractivity contribution < 1.29 is 9.66 Å². The second kappa shape index (κ2) is 6.39. The molecule has 0 saturated carbocycles. The van der Waals surface area contributed by atoms with Gasteiger partial charge in [0.25, 0.3) is 5.69 Å². The highest BCUT2D eigenvalue weighted by Gasteiger charge is 2.11. The summed E-state index contributed by atoms with van der Waals surface area (Å²) < 4.78 is 6.01.